The fourth-order valence-electron chi connectivity index (χ4n) is 6.65. The average molecular weight is 708 g/mol. The first-order valence-corrected chi connectivity index (χ1v) is 18.1. The molecule has 5 amide bonds. The number of carbonyl (C=O) groups is 4. The van der Waals surface area contributed by atoms with Crippen LogP contribution < -0.4 is 21.4 Å². The smallest absolute Gasteiger partial charge is 0.406 e. The molecule has 0 bridgehead atoms. The van der Waals surface area contributed by atoms with Crippen LogP contribution in [-0.2, 0) is 27.3 Å². The Kier molecular flexibility index (Phi) is 14.2. The normalized spacial score (nSPS) is 18.4. The van der Waals surface area contributed by atoms with E-state index in [1.807, 2.05) is 83.1 Å². The second-order valence-electron chi connectivity index (χ2n) is 15.0. The predicted octanol–water partition coefficient (Wildman–Crippen LogP) is 3.55. The van der Waals surface area contributed by atoms with Crippen LogP contribution >= 0.6 is 0 Å². The molecule has 280 valence electrons. The van der Waals surface area contributed by atoms with Crippen molar-refractivity contribution in [1.82, 2.24) is 36.3 Å². The fraction of sp³-hybridized carbons (Fsp3) is 0.605. The van der Waals surface area contributed by atoms with Crippen LogP contribution in [0.3, 0.4) is 0 Å². The van der Waals surface area contributed by atoms with Gasteiger partial charge in [0.05, 0.1) is 43.5 Å². The molecule has 5 atom stereocenters. The number of hydrogen-bond donors (Lipinski definition) is 5. The third-order valence-electron chi connectivity index (χ3n) is 9.87. The molecule has 0 radical (unpaired) electrons. The first-order valence-electron chi connectivity index (χ1n) is 18.1. The third-order valence-corrected chi connectivity index (χ3v) is 9.87. The summed E-state index contributed by atoms with van der Waals surface area (Å²) >= 11 is 0. The summed E-state index contributed by atoms with van der Waals surface area (Å²) in [6, 6.07) is 14.1. The lowest BCUT2D eigenvalue weighted by Crippen LogP contribution is -2.57. The van der Waals surface area contributed by atoms with Gasteiger partial charge in [-0.3, -0.25) is 20.0 Å². The summed E-state index contributed by atoms with van der Waals surface area (Å²) in [5, 5.41) is 22.4. The van der Waals surface area contributed by atoms with E-state index in [2.05, 4.69) is 31.1 Å². The number of benzene rings is 1. The van der Waals surface area contributed by atoms with Gasteiger partial charge in [-0.25, -0.2) is 14.6 Å². The Balaban J connectivity index is 1.52. The number of amides is 5. The first kappa shape index (κ1) is 39.6. The van der Waals surface area contributed by atoms with Crippen LogP contribution in [0.2, 0.25) is 0 Å². The Morgan fingerprint density at radius 3 is 2.51 bits per heavy atom. The van der Waals surface area contributed by atoms with E-state index in [-0.39, 0.29) is 49.8 Å². The minimum absolute atomic E-state index is 0.0622. The summed E-state index contributed by atoms with van der Waals surface area (Å²) < 4.78 is 4.66. The number of rotatable bonds is 19. The second kappa shape index (κ2) is 18.3. The van der Waals surface area contributed by atoms with Gasteiger partial charge >= 0.3 is 12.1 Å². The lowest BCUT2D eigenvalue weighted by molar-refractivity contribution is -0.132. The number of alkyl carbamates (subject to hydrolysis) is 1. The first-order chi connectivity index (χ1) is 24.3. The van der Waals surface area contributed by atoms with Crippen LogP contribution in [0.25, 0.3) is 0 Å². The highest BCUT2D eigenvalue weighted by atomic mass is 16.5. The van der Waals surface area contributed by atoms with E-state index in [4.69, 9.17) is 0 Å². The maximum Gasteiger partial charge on any atom is 0.406 e. The summed E-state index contributed by atoms with van der Waals surface area (Å²) in [6.45, 7) is 11.3. The molecule has 1 saturated heterocycles. The minimum atomic E-state index is -1.03. The van der Waals surface area contributed by atoms with E-state index < -0.39 is 35.6 Å². The van der Waals surface area contributed by atoms with Gasteiger partial charge in [0.1, 0.15) is 0 Å². The van der Waals surface area contributed by atoms with Crippen molar-refractivity contribution in [2.45, 2.75) is 91.5 Å². The molecule has 4 rings (SSSR count). The monoisotopic (exact) mass is 707 g/mol. The Morgan fingerprint density at radius 1 is 1.14 bits per heavy atom. The largest absolute Gasteiger partial charge is 0.453 e. The van der Waals surface area contributed by atoms with Crippen LogP contribution in [0.1, 0.15) is 70.3 Å². The van der Waals surface area contributed by atoms with E-state index >= 15 is 0 Å². The molecule has 2 aliphatic rings. The van der Waals surface area contributed by atoms with E-state index in [1.165, 1.54) is 7.11 Å². The number of nitrogens with one attached hydrogen (secondary N) is 4. The van der Waals surface area contributed by atoms with Crippen molar-refractivity contribution in [3.8, 4) is 0 Å². The van der Waals surface area contributed by atoms with Crippen LogP contribution in [0.4, 0.5) is 9.59 Å². The number of nitrogens with zero attached hydrogens (tertiary/aromatic N) is 3. The molecule has 2 fully saturated rings. The van der Waals surface area contributed by atoms with Crippen molar-refractivity contribution >= 4 is 23.9 Å². The number of aryl methyl sites for hydroxylation is 1. The van der Waals surface area contributed by atoms with Gasteiger partial charge in [0.2, 0.25) is 11.8 Å². The Hall–Kier alpha value is -4.23. The lowest BCUT2D eigenvalue weighted by atomic mass is 9.83. The molecule has 13 nitrogen and oxygen atoms in total. The minimum Gasteiger partial charge on any atom is -0.453 e. The molecule has 0 spiro atoms. The van der Waals surface area contributed by atoms with E-state index in [0.29, 0.717) is 25.4 Å². The van der Waals surface area contributed by atoms with E-state index in [0.717, 1.165) is 36.2 Å². The highest BCUT2D eigenvalue weighted by Gasteiger charge is 2.43. The van der Waals surface area contributed by atoms with Crippen LogP contribution in [-0.4, -0.2) is 95.4 Å². The topological polar surface area (TPSA) is 165 Å². The zero-order chi connectivity index (χ0) is 37.1. The quantitative estimate of drug-likeness (QED) is 0.138. The molecule has 5 unspecified atom stereocenters. The van der Waals surface area contributed by atoms with Crippen molar-refractivity contribution in [2.75, 3.05) is 33.3 Å². The molecule has 1 aromatic carbocycles. The van der Waals surface area contributed by atoms with Gasteiger partial charge in [-0.2, -0.15) is 0 Å². The number of pyridine rings is 1. The van der Waals surface area contributed by atoms with Gasteiger partial charge in [0.15, 0.2) is 0 Å². The zero-order valence-electron chi connectivity index (χ0n) is 31.0. The molecule has 2 heterocycles. The molecule has 13 heteroatoms. The number of carbonyl (C=O) groups excluding carboxylic acids is 4. The number of urea groups is 1. The third kappa shape index (κ3) is 12.2. The second-order valence-corrected chi connectivity index (χ2v) is 15.0. The summed E-state index contributed by atoms with van der Waals surface area (Å²) in [4.78, 5) is 58.7. The molecule has 1 saturated carbocycles. The number of methoxy groups -OCH3 is 1. The van der Waals surface area contributed by atoms with Gasteiger partial charge in [0.25, 0.3) is 0 Å². The average Bonchev–Trinajstić information content (AvgIpc) is 3.84. The Bertz CT molecular complexity index is 1470. The van der Waals surface area contributed by atoms with Crippen molar-refractivity contribution < 1.29 is 29.0 Å². The van der Waals surface area contributed by atoms with Gasteiger partial charge in [-0.05, 0) is 61.1 Å². The Morgan fingerprint density at radius 2 is 1.86 bits per heavy atom. The van der Waals surface area contributed by atoms with Gasteiger partial charge in [-0.15, -0.1) is 0 Å². The number of ether oxygens (including phenoxy) is 1. The molecular formula is C38H57N7O6. The van der Waals surface area contributed by atoms with Gasteiger partial charge in [0, 0.05) is 38.3 Å². The van der Waals surface area contributed by atoms with E-state index in [9.17, 15) is 24.3 Å². The fourth-order valence-corrected chi connectivity index (χ4v) is 6.65. The van der Waals surface area contributed by atoms with Gasteiger partial charge < -0.3 is 30.7 Å². The van der Waals surface area contributed by atoms with Crippen molar-refractivity contribution in [3.63, 3.8) is 0 Å². The lowest BCUT2D eigenvalue weighted by Gasteiger charge is -2.36. The highest BCUT2D eigenvalue weighted by Crippen LogP contribution is 2.30. The molecule has 5 N–H and O–H groups in total. The number of aliphatic hydroxyl groups is 1. The van der Waals surface area contributed by atoms with E-state index in [1.54, 1.807) is 9.91 Å². The molecule has 2 aromatic rings. The summed E-state index contributed by atoms with van der Waals surface area (Å²) in [7, 11) is 1.29. The van der Waals surface area contributed by atoms with Gasteiger partial charge in [-0.1, -0.05) is 70.5 Å². The predicted molar refractivity (Wildman–Crippen MR) is 194 cm³/mol. The summed E-state index contributed by atoms with van der Waals surface area (Å²) in [5.41, 5.74) is 5.00. The SMILES string of the molecule is CCC(C)C(C(=O)NC(Cc1ccccc1)C(O)CN(CC1CC1)NC(=O)CC(C)(C)CNC(=O)OC)C1CNC(=O)N1Cc1cccc(C)n1. The molecule has 1 aliphatic carbocycles. The maximum atomic E-state index is 14.4. The summed E-state index contributed by atoms with van der Waals surface area (Å²) in [6.07, 6.45) is 1.72. The number of aliphatic hydroxyl groups excluding tert-OH is 1. The molecular weight excluding hydrogens is 650 g/mol. The van der Waals surface area contributed by atoms with Crippen molar-refractivity contribution in [1.29, 1.82) is 0 Å². The standard InChI is InChI=1S/C38H57N7O6/c1-7-25(2)34(31-20-39-36(49)45(31)22-29-15-11-12-26(3)41-29)35(48)42-30(18-27-13-9-8-10-14-27)32(46)23-44(21-28-16-17-28)43-33(47)19-38(4,5)24-40-37(50)51-6/h8-15,25,28,30-32,34,46H,7,16-24H2,1-6H3,(H,39,49)(H,40,50)(H,42,48)(H,43,47). The van der Waals surface area contributed by atoms with Crippen LogP contribution in [0.5, 0.6) is 0 Å². The number of hydrogen-bond acceptors (Lipinski definition) is 8. The van der Waals surface area contributed by atoms with Crippen molar-refractivity contribution in [2.24, 2.45) is 23.2 Å². The molecule has 1 aromatic heterocycles. The van der Waals surface area contributed by atoms with Crippen LogP contribution in [0, 0.1) is 30.1 Å². The zero-order valence-corrected chi connectivity index (χ0v) is 31.0. The number of hydrazine groups is 1. The summed E-state index contributed by atoms with van der Waals surface area (Å²) in [5.74, 6) is -0.669. The maximum absolute atomic E-state index is 14.4. The Labute approximate surface area is 302 Å². The molecule has 1 aliphatic heterocycles. The van der Waals surface area contributed by atoms with Crippen molar-refractivity contribution in [3.05, 3.63) is 65.5 Å². The molecule has 51 heavy (non-hydrogen) atoms. The number of aromatic nitrogens is 1. The highest BCUT2D eigenvalue weighted by molar-refractivity contribution is 5.83. The van der Waals surface area contributed by atoms with Crippen LogP contribution in [0.15, 0.2) is 48.5 Å².